The monoisotopic (exact) mass is 416 g/mol. The largest absolute Gasteiger partial charge is 0.480 e. The summed E-state index contributed by atoms with van der Waals surface area (Å²) >= 11 is 0. The molecule has 2 aromatic heterocycles. The van der Waals surface area contributed by atoms with Gasteiger partial charge in [-0.25, -0.2) is 4.79 Å². The quantitative estimate of drug-likeness (QED) is 0.533. The van der Waals surface area contributed by atoms with Gasteiger partial charge >= 0.3 is 11.7 Å². The molecule has 2 aromatic carbocycles. The Hall–Kier alpha value is -3.61. The van der Waals surface area contributed by atoms with E-state index in [-0.39, 0.29) is 18.3 Å². The van der Waals surface area contributed by atoms with Crippen molar-refractivity contribution in [1.29, 1.82) is 0 Å². The fourth-order valence-corrected chi connectivity index (χ4v) is 4.47. The van der Waals surface area contributed by atoms with Crippen molar-refractivity contribution >= 4 is 17.0 Å². The van der Waals surface area contributed by atoms with Crippen LogP contribution in [0.15, 0.2) is 53.5 Å². The highest BCUT2D eigenvalue weighted by Gasteiger charge is 2.25. The molecule has 0 saturated heterocycles. The molecule has 0 radical (unpaired) electrons. The Bertz CT molecular complexity index is 1370. The highest BCUT2D eigenvalue weighted by molar-refractivity contribution is 5.88. The van der Waals surface area contributed by atoms with Gasteiger partial charge in [-0.15, -0.1) is 0 Å². The maximum atomic E-state index is 12.9. The number of carboxylic acid groups (broad SMARTS) is 1. The summed E-state index contributed by atoms with van der Waals surface area (Å²) in [6, 6.07) is 14.2. The molecule has 7 nitrogen and oxygen atoms in total. The number of hydrogen-bond acceptors (Lipinski definition) is 3. The van der Waals surface area contributed by atoms with Crippen molar-refractivity contribution in [3.63, 3.8) is 0 Å². The number of aliphatic carboxylic acids is 1. The Morgan fingerprint density at radius 2 is 1.94 bits per heavy atom. The van der Waals surface area contributed by atoms with Gasteiger partial charge in [0, 0.05) is 24.2 Å². The Labute approximate surface area is 179 Å². The Balaban J connectivity index is 1.70. The molecule has 158 valence electrons. The Morgan fingerprint density at radius 1 is 1.13 bits per heavy atom. The number of benzene rings is 2. The minimum absolute atomic E-state index is 0.0114. The van der Waals surface area contributed by atoms with Crippen LogP contribution in [0.4, 0.5) is 0 Å². The zero-order valence-corrected chi connectivity index (χ0v) is 17.6. The van der Waals surface area contributed by atoms with E-state index in [0.717, 1.165) is 58.2 Å². The van der Waals surface area contributed by atoms with Crippen LogP contribution in [0.2, 0.25) is 0 Å². The lowest BCUT2D eigenvalue weighted by atomic mass is 9.92. The summed E-state index contributed by atoms with van der Waals surface area (Å²) in [6.07, 6.45) is 4.96. The molecule has 1 N–H and O–H groups in total. The summed E-state index contributed by atoms with van der Waals surface area (Å²) in [5.74, 6) is -0.945. The highest BCUT2D eigenvalue weighted by Crippen LogP contribution is 2.36. The lowest BCUT2D eigenvalue weighted by molar-refractivity contribution is -0.137. The average Bonchev–Trinajstić information content (AvgIpc) is 3.21. The van der Waals surface area contributed by atoms with E-state index in [1.807, 2.05) is 54.0 Å². The molecule has 2 heterocycles. The van der Waals surface area contributed by atoms with Gasteiger partial charge in [-0.1, -0.05) is 29.8 Å². The molecule has 1 aliphatic carbocycles. The molecule has 0 spiro atoms. The molecular weight excluding hydrogens is 392 g/mol. The molecule has 0 unspecified atom stereocenters. The maximum Gasteiger partial charge on any atom is 0.329 e. The van der Waals surface area contributed by atoms with Gasteiger partial charge < -0.3 is 5.11 Å². The number of carbonyl (C=O) groups is 1. The van der Waals surface area contributed by atoms with E-state index in [1.54, 1.807) is 17.8 Å². The first-order valence-corrected chi connectivity index (χ1v) is 10.5. The van der Waals surface area contributed by atoms with E-state index < -0.39 is 5.97 Å². The summed E-state index contributed by atoms with van der Waals surface area (Å²) in [5, 5.41) is 13.7. The van der Waals surface area contributed by atoms with E-state index in [4.69, 9.17) is 0 Å². The first-order chi connectivity index (χ1) is 14.9. The van der Waals surface area contributed by atoms with Gasteiger partial charge in [0.05, 0.1) is 22.9 Å². The SMILES string of the molecule is Cc1cccc(-c2c(-c3ccc4c(c3)n(C)c(=O)n4C3CCC3)cnn2CC(=O)O)c1. The molecule has 31 heavy (non-hydrogen) atoms. The minimum atomic E-state index is -0.945. The van der Waals surface area contributed by atoms with Crippen LogP contribution in [-0.2, 0) is 18.4 Å². The second-order valence-electron chi connectivity index (χ2n) is 8.33. The van der Waals surface area contributed by atoms with E-state index in [1.165, 1.54) is 4.68 Å². The number of imidazole rings is 1. The van der Waals surface area contributed by atoms with Gasteiger partial charge in [0.1, 0.15) is 6.54 Å². The number of carboxylic acids is 1. The minimum Gasteiger partial charge on any atom is -0.480 e. The topological polar surface area (TPSA) is 82.0 Å². The van der Waals surface area contributed by atoms with Crippen LogP contribution in [0.3, 0.4) is 0 Å². The zero-order valence-electron chi connectivity index (χ0n) is 17.6. The molecule has 1 fully saturated rings. The van der Waals surface area contributed by atoms with E-state index >= 15 is 0 Å². The number of nitrogens with zero attached hydrogens (tertiary/aromatic N) is 4. The van der Waals surface area contributed by atoms with Gasteiger partial charge in [-0.05, 0) is 49.9 Å². The number of aryl methyl sites for hydroxylation is 2. The van der Waals surface area contributed by atoms with Crippen LogP contribution in [-0.4, -0.2) is 30.0 Å². The molecular formula is C24H24N4O3. The fraction of sp³-hybridized carbons (Fsp3) is 0.292. The molecule has 0 aliphatic heterocycles. The van der Waals surface area contributed by atoms with E-state index in [2.05, 4.69) is 5.10 Å². The average molecular weight is 416 g/mol. The number of fused-ring (bicyclic) bond motifs is 1. The number of aromatic nitrogens is 4. The summed E-state index contributed by atoms with van der Waals surface area (Å²) in [7, 11) is 1.80. The Morgan fingerprint density at radius 3 is 2.61 bits per heavy atom. The van der Waals surface area contributed by atoms with Gasteiger partial charge in [0.2, 0.25) is 0 Å². The van der Waals surface area contributed by atoms with Gasteiger partial charge in [-0.3, -0.25) is 18.6 Å². The van der Waals surface area contributed by atoms with Crippen LogP contribution in [0.1, 0.15) is 30.9 Å². The molecule has 7 heteroatoms. The molecule has 4 aromatic rings. The predicted molar refractivity (Wildman–Crippen MR) is 119 cm³/mol. The summed E-state index contributed by atoms with van der Waals surface area (Å²) in [4.78, 5) is 24.3. The lowest BCUT2D eigenvalue weighted by Crippen LogP contribution is -2.29. The van der Waals surface area contributed by atoms with Crippen LogP contribution in [0.5, 0.6) is 0 Å². The lowest BCUT2D eigenvalue weighted by Gasteiger charge is -2.26. The van der Waals surface area contributed by atoms with Crippen LogP contribution >= 0.6 is 0 Å². The van der Waals surface area contributed by atoms with Gasteiger partial charge in [0.15, 0.2) is 0 Å². The standard InChI is InChI=1S/C24H24N4O3/c1-15-5-3-6-17(11-15)23-19(13-25-27(23)14-22(29)30)16-9-10-20-21(12-16)26(2)24(31)28(20)18-7-4-8-18/h3,5-6,9-13,18H,4,7-8,14H2,1-2H3,(H,29,30). The molecule has 0 bridgehead atoms. The van der Waals surface area contributed by atoms with Crippen LogP contribution in [0.25, 0.3) is 33.4 Å². The van der Waals surface area contributed by atoms with Crippen molar-refractivity contribution in [3.8, 4) is 22.4 Å². The first-order valence-electron chi connectivity index (χ1n) is 10.5. The Kier molecular flexibility index (Phi) is 4.54. The second-order valence-corrected chi connectivity index (χ2v) is 8.33. The molecule has 1 saturated carbocycles. The third kappa shape index (κ3) is 3.17. The van der Waals surface area contributed by atoms with Crippen molar-refractivity contribution in [2.24, 2.45) is 7.05 Å². The van der Waals surface area contributed by atoms with E-state index in [9.17, 15) is 14.7 Å². The first kappa shape index (κ1) is 19.4. The summed E-state index contributed by atoms with van der Waals surface area (Å²) in [5.41, 5.74) is 6.33. The van der Waals surface area contributed by atoms with Crippen molar-refractivity contribution in [1.82, 2.24) is 18.9 Å². The van der Waals surface area contributed by atoms with Gasteiger partial charge in [0.25, 0.3) is 0 Å². The molecule has 0 atom stereocenters. The van der Waals surface area contributed by atoms with Gasteiger partial charge in [-0.2, -0.15) is 5.10 Å². The summed E-state index contributed by atoms with van der Waals surface area (Å²) in [6.45, 7) is 1.79. The smallest absolute Gasteiger partial charge is 0.329 e. The number of rotatable bonds is 5. The van der Waals surface area contributed by atoms with Crippen molar-refractivity contribution < 1.29 is 9.90 Å². The maximum absolute atomic E-state index is 12.9. The van der Waals surface area contributed by atoms with E-state index in [0.29, 0.717) is 0 Å². The van der Waals surface area contributed by atoms with Crippen molar-refractivity contribution in [2.45, 2.75) is 38.8 Å². The van der Waals surface area contributed by atoms with Crippen molar-refractivity contribution in [2.75, 3.05) is 0 Å². The second kappa shape index (κ2) is 7.27. The predicted octanol–water partition coefficient (Wildman–Crippen LogP) is 3.99. The summed E-state index contributed by atoms with van der Waals surface area (Å²) < 4.78 is 5.14. The third-order valence-electron chi connectivity index (χ3n) is 6.26. The van der Waals surface area contributed by atoms with Crippen LogP contribution < -0.4 is 5.69 Å². The molecule has 5 rings (SSSR count). The number of hydrogen-bond donors (Lipinski definition) is 1. The molecule has 0 amide bonds. The normalized spacial score (nSPS) is 14.1. The highest BCUT2D eigenvalue weighted by atomic mass is 16.4. The molecule has 1 aliphatic rings. The zero-order chi connectivity index (χ0) is 21.7. The third-order valence-corrected chi connectivity index (χ3v) is 6.26. The van der Waals surface area contributed by atoms with Crippen molar-refractivity contribution in [3.05, 3.63) is 64.7 Å². The fourth-order valence-electron chi connectivity index (χ4n) is 4.47. The van der Waals surface area contributed by atoms with Crippen LogP contribution in [0, 0.1) is 6.92 Å².